The van der Waals surface area contributed by atoms with Crippen LogP contribution in [0.5, 0.6) is 0 Å². The molecule has 0 saturated heterocycles. The molecule has 1 rings (SSSR count). The predicted octanol–water partition coefficient (Wildman–Crippen LogP) is 2.88. The second-order valence-electron chi connectivity index (χ2n) is 4.10. The predicted molar refractivity (Wildman–Crippen MR) is 74.9 cm³/mol. The zero-order valence-electron chi connectivity index (χ0n) is 10.7. The number of nitrogens with one attached hydrogen (secondary N) is 2. The van der Waals surface area contributed by atoms with Crippen LogP contribution in [-0.2, 0) is 0 Å². The second kappa shape index (κ2) is 6.24. The lowest BCUT2D eigenvalue weighted by Crippen LogP contribution is -2.29. The topological polar surface area (TPSA) is 78.4 Å². The van der Waals surface area contributed by atoms with Crippen LogP contribution >= 0.6 is 11.6 Å². The molecule has 2 amide bonds. The lowest BCUT2D eigenvalue weighted by molar-refractivity contribution is 0.0696. The Morgan fingerprint density at radius 2 is 2.00 bits per heavy atom. The van der Waals surface area contributed by atoms with Crippen molar-refractivity contribution in [1.29, 1.82) is 0 Å². The van der Waals surface area contributed by atoms with Crippen LogP contribution in [0.2, 0.25) is 0 Å². The summed E-state index contributed by atoms with van der Waals surface area (Å²) in [4.78, 5) is 22.6. The molecule has 0 spiro atoms. The van der Waals surface area contributed by atoms with Crippen molar-refractivity contribution in [3.63, 3.8) is 0 Å². The van der Waals surface area contributed by atoms with Gasteiger partial charge in [0.1, 0.15) is 0 Å². The highest BCUT2D eigenvalue weighted by molar-refractivity contribution is 6.29. The number of hydrogen-bond donors (Lipinski definition) is 3. The number of carboxylic acid groups (broad SMARTS) is 1. The molecule has 0 unspecified atom stereocenters. The Labute approximate surface area is 116 Å². The Bertz CT molecular complexity index is 541. The van der Waals surface area contributed by atoms with E-state index in [4.69, 9.17) is 16.7 Å². The van der Waals surface area contributed by atoms with E-state index in [1.54, 1.807) is 19.9 Å². The van der Waals surface area contributed by atoms with Crippen LogP contribution in [0.15, 0.2) is 23.7 Å². The number of amides is 2. The zero-order chi connectivity index (χ0) is 14.6. The van der Waals surface area contributed by atoms with Crippen LogP contribution in [0.25, 0.3) is 0 Å². The summed E-state index contributed by atoms with van der Waals surface area (Å²) in [6, 6.07) is 2.65. The van der Waals surface area contributed by atoms with Gasteiger partial charge in [0.15, 0.2) is 0 Å². The van der Waals surface area contributed by atoms with E-state index in [0.717, 1.165) is 5.56 Å². The molecule has 0 atom stereocenters. The van der Waals surface area contributed by atoms with E-state index in [-0.39, 0.29) is 12.1 Å². The summed E-state index contributed by atoms with van der Waals surface area (Å²) in [7, 11) is 0. The highest BCUT2D eigenvalue weighted by atomic mass is 35.5. The lowest BCUT2D eigenvalue weighted by atomic mass is 10.0. The number of aryl methyl sites for hydroxylation is 1. The molecule has 0 aliphatic carbocycles. The minimum Gasteiger partial charge on any atom is -0.478 e. The third kappa shape index (κ3) is 4.30. The first kappa shape index (κ1) is 15.0. The maximum absolute atomic E-state index is 11.5. The quantitative estimate of drug-likeness (QED) is 0.794. The normalized spacial score (nSPS) is 9.84. The summed E-state index contributed by atoms with van der Waals surface area (Å²) in [5.41, 5.74) is 2.04. The van der Waals surface area contributed by atoms with Crippen molar-refractivity contribution in [2.24, 2.45) is 0 Å². The van der Waals surface area contributed by atoms with Gasteiger partial charge in [0.05, 0.1) is 12.1 Å². The first-order valence-electron chi connectivity index (χ1n) is 5.54. The molecule has 102 valence electrons. The van der Waals surface area contributed by atoms with Gasteiger partial charge in [-0.05, 0) is 37.1 Å². The van der Waals surface area contributed by atoms with E-state index in [9.17, 15) is 9.59 Å². The third-order valence-corrected chi connectivity index (χ3v) is 2.73. The molecular weight excluding hydrogens is 268 g/mol. The number of hydrogen-bond acceptors (Lipinski definition) is 2. The van der Waals surface area contributed by atoms with Gasteiger partial charge in [-0.3, -0.25) is 0 Å². The first-order chi connectivity index (χ1) is 8.81. The fourth-order valence-corrected chi connectivity index (χ4v) is 1.57. The van der Waals surface area contributed by atoms with Gasteiger partial charge in [0, 0.05) is 10.7 Å². The van der Waals surface area contributed by atoms with Gasteiger partial charge in [0.2, 0.25) is 0 Å². The van der Waals surface area contributed by atoms with E-state index in [2.05, 4.69) is 17.2 Å². The van der Waals surface area contributed by atoms with Crippen LogP contribution < -0.4 is 10.6 Å². The number of rotatable bonds is 4. The van der Waals surface area contributed by atoms with E-state index < -0.39 is 12.0 Å². The summed E-state index contributed by atoms with van der Waals surface area (Å²) >= 11 is 5.52. The smallest absolute Gasteiger partial charge is 0.336 e. The molecule has 0 aromatic heterocycles. The molecule has 19 heavy (non-hydrogen) atoms. The van der Waals surface area contributed by atoms with Crippen LogP contribution in [0.4, 0.5) is 10.5 Å². The highest BCUT2D eigenvalue weighted by Crippen LogP contribution is 2.20. The van der Waals surface area contributed by atoms with Crippen molar-refractivity contribution in [3.8, 4) is 0 Å². The third-order valence-electron chi connectivity index (χ3n) is 2.60. The van der Waals surface area contributed by atoms with Gasteiger partial charge < -0.3 is 15.7 Å². The molecule has 0 bridgehead atoms. The number of urea groups is 1. The molecule has 0 radical (unpaired) electrons. The van der Waals surface area contributed by atoms with Gasteiger partial charge in [-0.15, -0.1) is 0 Å². The minimum atomic E-state index is -1.03. The number of benzene rings is 1. The largest absolute Gasteiger partial charge is 0.478 e. The molecule has 0 heterocycles. The van der Waals surface area contributed by atoms with Crippen LogP contribution in [0, 0.1) is 13.8 Å². The van der Waals surface area contributed by atoms with Crippen molar-refractivity contribution in [2.75, 3.05) is 11.9 Å². The number of carbonyl (C=O) groups is 2. The average molecular weight is 283 g/mol. The standard InChI is InChI=1S/C13H15ClN2O3/c1-7-4-10(5-11(9(7)3)12(17)18)16-13(19)15-6-8(2)14/h4-5H,2,6H2,1,3H3,(H,17,18)(H2,15,16,19). The molecule has 6 heteroatoms. The van der Waals surface area contributed by atoms with Crippen molar-refractivity contribution >= 4 is 29.3 Å². The summed E-state index contributed by atoms with van der Waals surface area (Å²) in [6.45, 7) is 7.09. The van der Waals surface area contributed by atoms with Gasteiger partial charge in [-0.1, -0.05) is 18.2 Å². The molecular formula is C13H15ClN2O3. The van der Waals surface area contributed by atoms with E-state index >= 15 is 0 Å². The Balaban J connectivity index is 2.87. The van der Waals surface area contributed by atoms with Gasteiger partial charge in [0.25, 0.3) is 0 Å². The number of aromatic carboxylic acids is 1. The number of anilines is 1. The molecule has 0 aliphatic rings. The van der Waals surface area contributed by atoms with Crippen molar-refractivity contribution < 1.29 is 14.7 Å². The number of carboxylic acids is 1. The van der Waals surface area contributed by atoms with E-state index in [0.29, 0.717) is 16.3 Å². The summed E-state index contributed by atoms with van der Waals surface area (Å²) in [6.07, 6.45) is 0. The molecule has 5 nitrogen and oxygen atoms in total. The lowest BCUT2D eigenvalue weighted by Gasteiger charge is -2.11. The van der Waals surface area contributed by atoms with Crippen LogP contribution in [0.3, 0.4) is 0 Å². The van der Waals surface area contributed by atoms with Gasteiger partial charge in [-0.25, -0.2) is 9.59 Å². The SMILES string of the molecule is C=C(Cl)CNC(=O)Nc1cc(C)c(C)c(C(=O)O)c1. The summed E-state index contributed by atoms with van der Waals surface area (Å²) in [5, 5.41) is 14.4. The summed E-state index contributed by atoms with van der Waals surface area (Å²) in [5.74, 6) is -1.03. The van der Waals surface area contributed by atoms with Crippen LogP contribution in [0.1, 0.15) is 21.5 Å². The Morgan fingerprint density at radius 3 is 2.53 bits per heavy atom. The highest BCUT2D eigenvalue weighted by Gasteiger charge is 2.12. The molecule has 1 aromatic carbocycles. The van der Waals surface area contributed by atoms with Crippen LogP contribution in [-0.4, -0.2) is 23.7 Å². The van der Waals surface area contributed by atoms with Crippen molar-refractivity contribution in [2.45, 2.75) is 13.8 Å². The fourth-order valence-electron chi connectivity index (χ4n) is 1.51. The Morgan fingerprint density at radius 1 is 1.37 bits per heavy atom. The molecule has 1 aromatic rings. The van der Waals surface area contributed by atoms with Crippen molar-refractivity contribution in [1.82, 2.24) is 5.32 Å². The van der Waals surface area contributed by atoms with E-state index in [1.807, 2.05) is 0 Å². The molecule has 0 saturated carbocycles. The molecule has 0 fully saturated rings. The average Bonchev–Trinajstić information content (AvgIpc) is 2.30. The Hall–Kier alpha value is -2.01. The first-order valence-corrected chi connectivity index (χ1v) is 5.91. The Kier molecular flexibility index (Phi) is 4.94. The maximum Gasteiger partial charge on any atom is 0.336 e. The van der Waals surface area contributed by atoms with Gasteiger partial charge >= 0.3 is 12.0 Å². The fraction of sp³-hybridized carbons (Fsp3) is 0.231. The summed E-state index contributed by atoms with van der Waals surface area (Å²) < 4.78 is 0. The molecule has 3 N–H and O–H groups in total. The van der Waals surface area contributed by atoms with Crippen molar-refractivity contribution in [3.05, 3.63) is 40.4 Å². The minimum absolute atomic E-state index is 0.143. The maximum atomic E-state index is 11.5. The van der Waals surface area contributed by atoms with E-state index in [1.165, 1.54) is 6.07 Å². The monoisotopic (exact) mass is 282 g/mol. The number of halogens is 1. The second-order valence-corrected chi connectivity index (χ2v) is 4.63. The van der Waals surface area contributed by atoms with Gasteiger partial charge in [-0.2, -0.15) is 0 Å². The number of carbonyl (C=O) groups excluding carboxylic acids is 1. The molecule has 0 aliphatic heterocycles. The zero-order valence-corrected chi connectivity index (χ0v) is 11.5.